The number of nitrogens with zero attached hydrogens (tertiary/aromatic N) is 4. The lowest BCUT2D eigenvalue weighted by Crippen LogP contribution is -2.48. The van der Waals surface area contributed by atoms with Gasteiger partial charge in [-0.2, -0.15) is 5.10 Å². The summed E-state index contributed by atoms with van der Waals surface area (Å²) in [6.45, 7) is 10.1. The molecule has 1 aliphatic heterocycles. The van der Waals surface area contributed by atoms with E-state index < -0.39 is 0 Å². The van der Waals surface area contributed by atoms with E-state index in [-0.39, 0.29) is 11.7 Å². The molecule has 3 rings (SSSR count). The molecular formula is C19H24ClFN4O. The first kappa shape index (κ1) is 18.9. The summed E-state index contributed by atoms with van der Waals surface area (Å²) in [5, 5.41) is 4.89. The SMILES string of the molecule is CCn1nc(C)c(C(=O)N2CCN(Cc3ccc(F)cc3Cl)CC2)c1C. The Hall–Kier alpha value is -1.92. The lowest BCUT2D eigenvalue weighted by atomic mass is 10.1. The monoisotopic (exact) mass is 378 g/mol. The predicted molar refractivity (Wildman–Crippen MR) is 100.0 cm³/mol. The van der Waals surface area contributed by atoms with Crippen LogP contribution in [0, 0.1) is 19.7 Å². The maximum atomic E-state index is 13.2. The summed E-state index contributed by atoms with van der Waals surface area (Å²) in [5.74, 6) is -0.272. The van der Waals surface area contributed by atoms with Crippen molar-refractivity contribution >= 4 is 17.5 Å². The Balaban J connectivity index is 1.63. The summed E-state index contributed by atoms with van der Waals surface area (Å²) in [7, 11) is 0. The van der Waals surface area contributed by atoms with Gasteiger partial charge in [0.2, 0.25) is 0 Å². The van der Waals surface area contributed by atoms with Gasteiger partial charge in [0.25, 0.3) is 5.91 Å². The van der Waals surface area contributed by atoms with Crippen LogP contribution in [0.4, 0.5) is 4.39 Å². The number of rotatable bonds is 4. The van der Waals surface area contributed by atoms with Gasteiger partial charge in [0, 0.05) is 50.0 Å². The Morgan fingerprint density at radius 1 is 1.23 bits per heavy atom. The Morgan fingerprint density at radius 3 is 2.50 bits per heavy atom. The third kappa shape index (κ3) is 3.76. The lowest BCUT2D eigenvalue weighted by molar-refractivity contribution is 0.0627. The van der Waals surface area contributed by atoms with E-state index in [4.69, 9.17) is 11.6 Å². The van der Waals surface area contributed by atoms with E-state index in [1.165, 1.54) is 12.1 Å². The van der Waals surface area contributed by atoms with Gasteiger partial charge in [-0.1, -0.05) is 17.7 Å². The fraction of sp³-hybridized carbons (Fsp3) is 0.474. The highest BCUT2D eigenvalue weighted by Gasteiger charge is 2.26. The molecule has 0 spiro atoms. The number of halogens is 2. The second-order valence-corrected chi connectivity index (χ2v) is 7.07. The van der Waals surface area contributed by atoms with Gasteiger partial charge in [0.15, 0.2) is 0 Å². The Bertz CT molecular complexity index is 812. The van der Waals surface area contributed by atoms with Crippen LogP contribution >= 0.6 is 11.6 Å². The smallest absolute Gasteiger partial charge is 0.257 e. The van der Waals surface area contributed by atoms with Crippen LogP contribution in [-0.4, -0.2) is 51.7 Å². The van der Waals surface area contributed by atoms with Gasteiger partial charge < -0.3 is 4.90 Å². The highest BCUT2D eigenvalue weighted by Crippen LogP contribution is 2.21. The maximum absolute atomic E-state index is 13.2. The van der Waals surface area contributed by atoms with Crippen LogP contribution in [-0.2, 0) is 13.1 Å². The predicted octanol–water partition coefficient (Wildman–Crippen LogP) is 3.27. The maximum Gasteiger partial charge on any atom is 0.257 e. The van der Waals surface area contributed by atoms with Crippen molar-refractivity contribution in [3.63, 3.8) is 0 Å². The quantitative estimate of drug-likeness (QED) is 0.819. The molecule has 1 aromatic carbocycles. The van der Waals surface area contributed by atoms with Crippen LogP contribution < -0.4 is 0 Å². The van der Waals surface area contributed by atoms with Gasteiger partial charge in [-0.05, 0) is 38.5 Å². The topological polar surface area (TPSA) is 41.4 Å². The summed E-state index contributed by atoms with van der Waals surface area (Å²) >= 11 is 6.12. The second-order valence-electron chi connectivity index (χ2n) is 6.67. The fourth-order valence-corrected chi connectivity index (χ4v) is 3.70. The average molecular weight is 379 g/mol. The first-order valence-corrected chi connectivity index (χ1v) is 9.28. The van der Waals surface area contributed by atoms with E-state index in [2.05, 4.69) is 10.00 Å². The summed E-state index contributed by atoms with van der Waals surface area (Å²) in [5.41, 5.74) is 3.34. The van der Waals surface area contributed by atoms with Gasteiger partial charge in [0.1, 0.15) is 5.82 Å². The Labute approximate surface area is 158 Å². The number of carbonyl (C=O) groups is 1. The van der Waals surface area contributed by atoms with Gasteiger partial charge >= 0.3 is 0 Å². The van der Waals surface area contributed by atoms with E-state index in [0.29, 0.717) is 24.7 Å². The van der Waals surface area contributed by atoms with Crippen LogP contribution in [0.1, 0.15) is 34.2 Å². The third-order valence-corrected chi connectivity index (χ3v) is 5.32. The lowest BCUT2D eigenvalue weighted by Gasteiger charge is -2.35. The minimum atomic E-state index is -0.326. The van der Waals surface area contributed by atoms with Crippen LogP contribution in [0.5, 0.6) is 0 Å². The molecule has 1 amide bonds. The summed E-state index contributed by atoms with van der Waals surface area (Å²) < 4.78 is 15.0. The second kappa shape index (κ2) is 7.76. The molecule has 2 heterocycles. The molecule has 0 saturated carbocycles. The van der Waals surface area contributed by atoms with Crippen molar-refractivity contribution in [1.29, 1.82) is 0 Å². The number of aromatic nitrogens is 2. The molecule has 1 fully saturated rings. The zero-order chi connectivity index (χ0) is 18.8. The summed E-state index contributed by atoms with van der Waals surface area (Å²) in [6.07, 6.45) is 0. The minimum Gasteiger partial charge on any atom is -0.336 e. The number of benzene rings is 1. The van der Waals surface area contributed by atoms with Crippen molar-refractivity contribution in [3.8, 4) is 0 Å². The number of carbonyl (C=O) groups excluding carboxylic acids is 1. The first-order valence-electron chi connectivity index (χ1n) is 8.90. The van der Waals surface area contributed by atoms with E-state index in [9.17, 15) is 9.18 Å². The highest BCUT2D eigenvalue weighted by molar-refractivity contribution is 6.31. The largest absolute Gasteiger partial charge is 0.336 e. The normalized spacial score (nSPS) is 15.5. The molecule has 0 bridgehead atoms. The number of amides is 1. The van der Waals surface area contributed by atoms with Crippen molar-refractivity contribution in [3.05, 3.63) is 51.6 Å². The van der Waals surface area contributed by atoms with E-state index in [0.717, 1.165) is 42.1 Å². The van der Waals surface area contributed by atoms with Crippen LogP contribution in [0.2, 0.25) is 5.02 Å². The number of aryl methyl sites for hydroxylation is 2. The molecule has 1 aliphatic rings. The van der Waals surface area contributed by atoms with Crippen LogP contribution in [0.3, 0.4) is 0 Å². The van der Waals surface area contributed by atoms with Crippen molar-refractivity contribution < 1.29 is 9.18 Å². The van der Waals surface area contributed by atoms with Crippen LogP contribution in [0.15, 0.2) is 18.2 Å². The molecule has 0 unspecified atom stereocenters. The first-order chi connectivity index (χ1) is 12.4. The fourth-order valence-electron chi connectivity index (χ4n) is 3.47. The molecule has 140 valence electrons. The number of piperazine rings is 1. The number of hydrogen-bond donors (Lipinski definition) is 0. The average Bonchev–Trinajstić information content (AvgIpc) is 2.91. The van der Waals surface area contributed by atoms with Crippen molar-refractivity contribution in [2.24, 2.45) is 0 Å². The standard InChI is InChI=1S/C19H24ClFN4O/c1-4-25-14(3)18(13(2)22-25)19(26)24-9-7-23(8-10-24)12-15-5-6-16(21)11-17(15)20/h5-6,11H,4,7-10,12H2,1-3H3. The molecule has 7 heteroatoms. The summed E-state index contributed by atoms with van der Waals surface area (Å²) in [4.78, 5) is 17.0. The van der Waals surface area contributed by atoms with Crippen molar-refractivity contribution in [1.82, 2.24) is 19.6 Å². The molecular weight excluding hydrogens is 355 g/mol. The van der Waals surface area contributed by atoms with E-state index in [1.807, 2.05) is 30.4 Å². The molecule has 0 atom stereocenters. The van der Waals surface area contributed by atoms with Crippen LogP contribution in [0.25, 0.3) is 0 Å². The van der Waals surface area contributed by atoms with Gasteiger partial charge in [-0.3, -0.25) is 14.4 Å². The van der Waals surface area contributed by atoms with Crippen molar-refractivity contribution in [2.75, 3.05) is 26.2 Å². The molecule has 0 radical (unpaired) electrons. The van der Waals surface area contributed by atoms with Gasteiger partial charge in [-0.15, -0.1) is 0 Å². The van der Waals surface area contributed by atoms with E-state index in [1.54, 1.807) is 6.07 Å². The molecule has 0 N–H and O–H groups in total. The minimum absolute atomic E-state index is 0.0548. The Kier molecular flexibility index (Phi) is 5.63. The third-order valence-electron chi connectivity index (χ3n) is 4.96. The zero-order valence-electron chi connectivity index (χ0n) is 15.4. The number of hydrogen-bond acceptors (Lipinski definition) is 3. The molecule has 1 aromatic heterocycles. The van der Waals surface area contributed by atoms with Gasteiger partial charge in [-0.25, -0.2) is 4.39 Å². The van der Waals surface area contributed by atoms with Gasteiger partial charge in [0.05, 0.1) is 11.3 Å². The zero-order valence-corrected chi connectivity index (χ0v) is 16.2. The van der Waals surface area contributed by atoms with Crippen molar-refractivity contribution in [2.45, 2.75) is 33.9 Å². The Morgan fingerprint density at radius 2 is 1.92 bits per heavy atom. The molecule has 26 heavy (non-hydrogen) atoms. The molecule has 2 aromatic rings. The van der Waals surface area contributed by atoms with E-state index >= 15 is 0 Å². The highest BCUT2D eigenvalue weighted by atomic mass is 35.5. The molecule has 0 aliphatic carbocycles. The molecule has 5 nitrogen and oxygen atoms in total. The summed E-state index contributed by atoms with van der Waals surface area (Å²) in [6, 6.07) is 4.49. The molecule has 1 saturated heterocycles.